The molecule has 0 bridgehead atoms. The predicted molar refractivity (Wildman–Crippen MR) is 68.7 cm³/mol. The number of aliphatic carboxylic acids is 1. The number of rotatable bonds is 2. The summed E-state index contributed by atoms with van der Waals surface area (Å²) >= 11 is 0. The van der Waals surface area contributed by atoms with Crippen LogP contribution < -0.4 is 0 Å². The molecule has 2 atom stereocenters. The van der Waals surface area contributed by atoms with Gasteiger partial charge >= 0.3 is 12.1 Å². The normalized spacial score (nSPS) is 27.7. The van der Waals surface area contributed by atoms with Gasteiger partial charge in [0.25, 0.3) is 0 Å². The maximum Gasteiger partial charge on any atom is 0.413 e. The van der Waals surface area contributed by atoms with E-state index in [1.54, 1.807) is 27.7 Å². The zero-order valence-electron chi connectivity index (χ0n) is 12.4. The van der Waals surface area contributed by atoms with Crippen molar-refractivity contribution < 1.29 is 24.2 Å². The van der Waals surface area contributed by atoms with Gasteiger partial charge in [0.05, 0.1) is 6.61 Å². The Kier molecular flexibility index (Phi) is 4.14. The molecule has 0 aromatic rings. The van der Waals surface area contributed by atoms with Crippen molar-refractivity contribution in [2.45, 2.75) is 58.9 Å². The van der Waals surface area contributed by atoms with Gasteiger partial charge in [-0.15, -0.1) is 0 Å². The molecule has 1 rings (SSSR count). The molecule has 0 radical (unpaired) electrons. The Hall–Kier alpha value is -1.30. The second-order valence-corrected chi connectivity index (χ2v) is 6.22. The Bertz CT molecular complexity index is 374. The van der Waals surface area contributed by atoms with Crippen molar-refractivity contribution in [2.24, 2.45) is 5.92 Å². The van der Waals surface area contributed by atoms with Gasteiger partial charge < -0.3 is 14.6 Å². The SMILES string of the molecule is CC(C)C1(C)OCC(C(=O)O)N1C(=O)OC(C)(C)C. The molecule has 1 amide bonds. The highest BCUT2D eigenvalue weighted by Crippen LogP contribution is 2.35. The maximum absolute atomic E-state index is 12.3. The summed E-state index contributed by atoms with van der Waals surface area (Å²) in [6, 6.07) is -1.01. The number of hydrogen-bond acceptors (Lipinski definition) is 4. The summed E-state index contributed by atoms with van der Waals surface area (Å²) in [5, 5.41) is 9.22. The van der Waals surface area contributed by atoms with Crippen molar-refractivity contribution in [1.29, 1.82) is 0 Å². The van der Waals surface area contributed by atoms with E-state index in [0.717, 1.165) is 0 Å². The fraction of sp³-hybridized carbons (Fsp3) is 0.846. The number of carbonyl (C=O) groups is 2. The van der Waals surface area contributed by atoms with Crippen LogP contribution in [0.1, 0.15) is 41.5 Å². The summed E-state index contributed by atoms with van der Waals surface area (Å²) in [5.74, 6) is -1.14. The van der Waals surface area contributed by atoms with Gasteiger partial charge in [-0.3, -0.25) is 4.90 Å². The van der Waals surface area contributed by atoms with Crippen LogP contribution in [-0.4, -0.2) is 46.0 Å². The second kappa shape index (κ2) is 5.00. The summed E-state index contributed by atoms with van der Waals surface area (Å²) in [6.45, 7) is 10.7. The van der Waals surface area contributed by atoms with Crippen molar-refractivity contribution >= 4 is 12.1 Å². The lowest BCUT2D eigenvalue weighted by Crippen LogP contribution is -2.55. The molecular formula is C13H23NO5. The molecule has 6 heteroatoms. The molecule has 1 aliphatic rings. The Morgan fingerprint density at radius 1 is 1.42 bits per heavy atom. The standard InChI is InChI=1S/C13H23NO5/c1-8(2)13(6)14(9(7-18-13)10(15)16)11(17)19-12(3,4)5/h8-9H,7H2,1-6H3,(H,15,16). The van der Waals surface area contributed by atoms with Crippen LogP contribution in [0.15, 0.2) is 0 Å². The minimum absolute atomic E-state index is 0.0245. The minimum atomic E-state index is -1.09. The van der Waals surface area contributed by atoms with E-state index >= 15 is 0 Å². The fourth-order valence-corrected chi connectivity index (χ4v) is 1.95. The van der Waals surface area contributed by atoms with Crippen LogP contribution in [0.3, 0.4) is 0 Å². The first-order valence-electron chi connectivity index (χ1n) is 6.38. The van der Waals surface area contributed by atoms with Crippen molar-refractivity contribution in [3.05, 3.63) is 0 Å². The molecular weight excluding hydrogens is 250 g/mol. The Labute approximate surface area is 113 Å². The van der Waals surface area contributed by atoms with Crippen LogP contribution in [0.2, 0.25) is 0 Å². The van der Waals surface area contributed by atoms with E-state index in [1.807, 2.05) is 13.8 Å². The molecule has 6 nitrogen and oxygen atoms in total. The number of hydrogen-bond donors (Lipinski definition) is 1. The van der Waals surface area contributed by atoms with Crippen LogP contribution >= 0.6 is 0 Å². The molecule has 0 spiro atoms. The number of amides is 1. The van der Waals surface area contributed by atoms with E-state index < -0.39 is 29.4 Å². The van der Waals surface area contributed by atoms with E-state index in [9.17, 15) is 14.7 Å². The van der Waals surface area contributed by atoms with Crippen LogP contribution in [-0.2, 0) is 14.3 Å². The molecule has 1 aliphatic heterocycles. The monoisotopic (exact) mass is 273 g/mol. The van der Waals surface area contributed by atoms with E-state index in [4.69, 9.17) is 9.47 Å². The Balaban J connectivity index is 3.06. The van der Waals surface area contributed by atoms with Gasteiger partial charge in [-0.25, -0.2) is 9.59 Å². The van der Waals surface area contributed by atoms with Crippen molar-refractivity contribution in [3.63, 3.8) is 0 Å². The third-order valence-corrected chi connectivity index (χ3v) is 3.27. The zero-order valence-corrected chi connectivity index (χ0v) is 12.4. The van der Waals surface area contributed by atoms with E-state index in [-0.39, 0.29) is 12.5 Å². The van der Waals surface area contributed by atoms with Gasteiger partial charge in [0, 0.05) is 5.92 Å². The van der Waals surface area contributed by atoms with Gasteiger partial charge in [-0.05, 0) is 27.7 Å². The van der Waals surface area contributed by atoms with Crippen LogP contribution in [0.25, 0.3) is 0 Å². The first-order chi connectivity index (χ1) is 8.49. The molecule has 1 heterocycles. The van der Waals surface area contributed by atoms with Crippen LogP contribution in [0, 0.1) is 5.92 Å². The number of carboxylic acid groups (broad SMARTS) is 1. The highest BCUT2D eigenvalue weighted by molar-refractivity contribution is 5.81. The lowest BCUT2D eigenvalue weighted by Gasteiger charge is -2.39. The molecule has 110 valence electrons. The molecule has 0 saturated carbocycles. The van der Waals surface area contributed by atoms with Crippen molar-refractivity contribution in [2.75, 3.05) is 6.61 Å². The molecule has 0 aromatic heterocycles. The number of carboxylic acids is 1. The molecule has 0 aromatic carbocycles. The van der Waals surface area contributed by atoms with Gasteiger partial charge in [-0.1, -0.05) is 13.8 Å². The largest absolute Gasteiger partial charge is 0.480 e. The third-order valence-electron chi connectivity index (χ3n) is 3.27. The minimum Gasteiger partial charge on any atom is -0.480 e. The topological polar surface area (TPSA) is 76.1 Å². The summed E-state index contributed by atoms with van der Waals surface area (Å²) in [4.78, 5) is 24.7. The second-order valence-electron chi connectivity index (χ2n) is 6.22. The summed E-state index contributed by atoms with van der Waals surface area (Å²) in [5.41, 5.74) is -1.65. The Morgan fingerprint density at radius 3 is 2.32 bits per heavy atom. The lowest BCUT2D eigenvalue weighted by molar-refractivity contribution is -0.145. The quantitative estimate of drug-likeness (QED) is 0.833. The van der Waals surface area contributed by atoms with Gasteiger partial charge in [0.1, 0.15) is 11.3 Å². The molecule has 1 saturated heterocycles. The van der Waals surface area contributed by atoms with E-state index in [2.05, 4.69) is 0 Å². The van der Waals surface area contributed by atoms with Crippen LogP contribution in [0.5, 0.6) is 0 Å². The highest BCUT2D eigenvalue weighted by Gasteiger charge is 2.53. The summed E-state index contributed by atoms with van der Waals surface area (Å²) in [7, 11) is 0. The third kappa shape index (κ3) is 3.18. The molecule has 0 aliphatic carbocycles. The van der Waals surface area contributed by atoms with Gasteiger partial charge in [0.15, 0.2) is 6.04 Å². The van der Waals surface area contributed by atoms with Crippen LogP contribution in [0.4, 0.5) is 4.79 Å². The average molecular weight is 273 g/mol. The summed E-state index contributed by atoms with van der Waals surface area (Å²) < 4.78 is 10.9. The molecule has 1 fully saturated rings. The Morgan fingerprint density at radius 2 is 1.95 bits per heavy atom. The lowest BCUT2D eigenvalue weighted by atomic mass is 10.00. The summed E-state index contributed by atoms with van der Waals surface area (Å²) in [6.07, 6.45) is -0.659. The average Bonchev–Trinajstić information content (AvgIpc) is 2.54. The smallest absolute Gasteiger partial charge is 0.413 e. The van der Waals surface area contributed by atoms with E-state index in [0.29, 0.717) is 0 Å². The first kappa shape index (κ1) is 15.8. The molecule has 19 heavy (non-hydrogen) atoms. The number of nitrogens with zero attached hydrogens (tertiary/aromatic N) is 1. The highest BCUT2D eigenvalue weighted by atomic mass is 16.6. The number of carbonyl (C=O) groups excluding carboxylic acids is 1. The van der Waals surface area contributed by atoms with Crippen molar-refractivity contribution in [3.8, 4) is 0 Å². The molecule has 2 unspecified atom stereocenters. The number of ether oxygens (including phenoxy) is 2. The fourth-order valence-electron chi connectivity index (χ4n) is 1.95. The van der Waals surface area contributed by atoms with Crippen molar-refractivity contribution in [1.82, 2.24) is 4.90 Å². The molecule has 1 N–H and O–H groups in total. The van der Waals surface area contributed by atoms with Gasteiger partial charge in [-0.2, -0.15) is 0 Å². The van der Waals surface area contributed by atoms with E-state index in [1.165, 1.54) is 4.90 Å². The predicted octanol–water partition coefficient (Wildman–Crippen LogP) is 2.08. The first-order valence-corrected chi connectivity index (χ1v) is 6.38. The maximum atomic E-state index is 12.3. The zero-order chi connectivity index (χ0) is 15.0. The van der Waals surface area contributed by atoms with Gasteiger partial charge in [0.2, 0.25) is 0 Å².